The molecule has 0 aromatic heterocycles. The van der Waals surface area contributed by atoms with Gasteiger partial charge in [0.1, 0.15) is 19.0 Å². The van der Waals surface area contributed by atoms with Crippen LogP contribution in [0.4, 0.5) is 4.39 Å². The first-order valence-corrected chi connectivity index (χ1v) is 5.41. The summed E-state index contributed by atoms with van der Waals surface area (Å²) in [5.74, 6) is -0.875. The van der Waals surface area contributed by atoms with Gasteiger partial charge in [0, 0.05) is 5.56 Å². The molecule has 0 bridgehead atoms. The molecule has 1 aromatic rings. The molecule has 4 heteroatoms. The van der Waals surface area contributed by atoms with Crippen LogP contribution in [-0.4, -0.2) is 18.2 Å². The van der Waals surface area contributed by atoms with Crippen LogP contribution in [0, 0.1) is 5.82 Å². The van der Waals surface area contributed by atoms with E-state index in [9.17, 15) is 9.18 Å². The van der Waals surface area contributed by atoms with E-state index >= 15 is 0 Å². The third kappa shape index (κ3) is 5.45. The minimum absolute atomic E-state index is 0.0704. The molecule has 0 saturated carbocycles. The molecule has 1 aromatic carbocycles. The Morgan fingerprint density at radius 1 is 1.29 bits per heavy atom. The molecule has 0 saturated heterocycles. The SMILES string of the molecule is CC(C)(C)OCC(=O)OCc1ccccc1F. The second-order valence-corrected chi connectivity index (χ2v) is 4.65. The number of hydrogen-bond acceptors (Lipinski definition) is 3. The lowest BCUT2D eigenvalue weighted by molar-refractivity contribution is -0.155. The molecule has 0 atom stereocenters. The van der Waals surface area contributed by atoms with Crippen molar-refractivity contribution in [2.75, 3.05) is 6.61 Å². The molecule has 0 heterocycles. The van der Waals surface area contributed by atoms with Crippen LogP contribution in [0.1, 0.15) is 26.3 Å². The maximum absolute atomic E-state index is 13.2. The summed E-state index contributed by atoms with van der Waals surface area (Å²) in [6.45, 7) is 5.34. The van der Waals surface area contributed by atoms with Crippen molar-refractivity contribution in [3.63, 3.8) is 0 Å². The first-order valence-electron chi connectivity index (χ1n) is 5.41. The van der Waals surface area contributed by atoms with Gasteiger partial charge in [0.05, 0.1) is 5.60 Å². The smallest absolute Gasteiger partial charge is 0.332 e. The summed E-state index contributed by atoms with van der Waals surface area (Å²) < 4.78 is 23.3. The fourth-order valence-corrected chi connectivity index (χ4v) is 1.09. The lowest BCUT2D eigenvalue weighted by atomic mass is 10.2. The van der Waals surface area contributed by atoms with E-state index in [1.165, 1.54) is 6.07 Å². The molecule has 0 N–H and O–H groups in total. The summed E-state index contributed by atoms with van der Waals surface area (Å²) in [7, 11) is 0. The molecule has 1 rings (SSSR count). The van der Waals surface area contributed by atoms with Crippen LogP contribution in [0.15, 0.2) is 24.3 Å². The Hall–Kier alpha value is -1.42. The van der Waals surface area contributed by atoms with Gasteiger partial charge in [0.2, 0.25) is 0 Å². The normalized spacial score (nSPS) is 11.3. The van der Waals surface area contributed by atoms with Gasteiger partial charge in [-0.2, -0.15) is 0 Å². The molecule has 0 aliphatic heterocycles. The maximum atomic E-state index is 13.2. The third-order valence-corrected chi connectivity index (χ3v) is 1.97. The molecule has 0 unspecified atom stereocenters. The number of carbonyl (C=O) groups excluding carboxylic acids is 1. The van der Waals surface area contributed by atoms with Gasteiger partial charge in [-0.25, -0.2) is 9.18 Å². The summed E-state index contributed by atoms with van der Waals surface area (Å²) in [5, 5.41) is 0. The molecule has 94 valence electrons. The number of benzene rings is 1. The number of carbonyl (C=O) groups is 1. The van der Waals surface area contributed by atoms with Gasteiger partial charge in [0.25, 0.3) is 0 Å². The van der Waals surface area contributed by atoms with Crippen LogP contribution >= 0.6 is 0 Å². The van der Waals surface area contributed by atoms with Crippen LogP contribution in [0.3, 0.4) is 0 Å². The molecule has 0 spiro atoms. The van der Waals surface area contributed by atoms with E-state index in [4.69, 9.17) is 9.47 Å². The second-order valence-electron chi connectivity index (χ2n) is 4.65. The molecular formula is C13H17FO3. The minimum atomic E-state index is -0.497. The van der Waals surface area contributed by atoms with Crippen LogP contribution in [0.2, 0.25) is 0 Å². The second kappa shape index (κ2) is 5.77. The van der Waals surface area contributed by atoms with E-state index in [-0.39, 0.29) is 19.0 Å². The number of halogens is 1. The standard InChI is InChI=1S/C13H17FO3/c1-13(2,3)17-9-12(15)16-8-10-6-4-5-7-11(10)14/h4-7H,8-9H2,1-3H3. The quantitative estimate of drug-likeness (QED) is 0.759. The Bertz CT molecular complexity index is 382. The van der Waals surface area contributed by atoms with Gasteiger partial charge in [-0.15, -0.1) is 0 Å². The van der Waals surface area contributed by atoms with Crippen LogP contribution in [0.5, 0.6) is 0 Å². The van der Waals surface area contributed by atoms with Crippen molar-refractivity contribution in [1.29, 1.82) is 0 Å². The summed E-state index contributed by atoms with van der Waals surface area (Å²) >= 11 is 0. The van der Waals surface area contributed by atoms with Crippen LogP contribution < -0.4 is 0 Å². The zero-order valence-electron chi connectivity index (χ0n) is 10.3. The monoisotopic (exact) mass is 240 g/mol. The predicted octanol–water partition coefficient (Wildman–Crippen LogP) is 2.68. The van der Waals surface area contributed by atoms with E-state index in [2.05, 4.69) is 0 Å². The Morgan fingerprint density at radius 2 is 1.94 bits per heavy atom. The zero-order chi connectivity index (χ0) is 12.9. The van der Waals surface area contributed by atoms with Gasteiger partial charge < -0.3 is 9.47 Å². The highest BCUT2D eigenvalue weighted by Gasteiger charge is 2.14. The Balaban J connectivity index is 2.36. The average molecular weight is 240 g/mol. The van der Waals surface area contributed by atoms with Gasteiger partial charge in [-0.1, -0.05) is 18.2 Å². The lowest BCUT2D eigenvalue weighted by Gasteiger charge is -2.18. The minimum Gasteiger partial charge on any atom is -0.459 e. The molecule has 0 aliphatic rings. The zero-order valence-corrected chi connectivity index (χ0v) is 10.3. The van der Waals surface area contributed by atoms with Gasteiger partial charge in [-0.3, -0.25) is 0 Å². The highest BCUT2D eigenvalue weighted by molar-refractivity contribution is 5.70. The summed E-state index contributed by atoms with van der Waals surface area (Å²) in [4.78, 5) is 11.3. The Kier molecular flexibility index (Phi) is 4.63. The molecule has 0 fully saturated rings. The van der Waals surface area contributed by atoms with Crippen molar-refractivity contribution in [3.05, 3.63) is 35.6 Å². The number of hydrogen-bond donors (Lipinski definition) is 0. The highest BCUT2D eigenvalue weighted by atomic mass is 19.1. The van der Waals surface area contributed by atoms with Gasteiger partial charge in [0.15, 0.2) is 0 Å². The van der Waals surface area contributed by atoms with Crippen molar-refractivity contribution < 1.29 is 18.7 Å². The van der Waals surface area contributed by atoms with E-state index in [1.807, 2.05) is 20.8 Å². The van der Waals surface area contributed by atoms with Crippen molar-refractivity contribution in [2.24, 2.45) is 0 Å². The summed E-state index contributed by atoms with van der Waals surface area (Å²) in [5.41, 5.74) is -0.0339. The molecule has 17 heavy (non-hydrogen) atoms. The molecule has 0 radical (unpaired) electrons. The fourth-order valence-electron chi connectivity index (χ4n) is 1.09. The van der Waals surface area contributed by atoms with E-state index in [1.54, 1.807) is 18.2 Å². The fraction of sp³-hybridized carbons (Fsp3) is 0.462. The average Bonchev–Trinajstić information content (AvgIpc) is 2.24. The van der Waals surface area contributed by atoms with Crippen LogP contribution in [-0.2, 0) is 20.9 Å². The summed E-state index contributed by atoms with van der Waals surface area (Å²) in [6, 6.07) is 6.18. The Labute approximate surface area is 101 Å². The van der Waals surface area contributed by atoms with Gasteiger partial charge in [-0.05, 0) is 26.8 Å². The topological polar surface area (TPSA) is 35.5 Å². The summed E-state index contributed by atoms with van der Waals surface area (Å²) in [6.07, 6.45) is 0. The predicted molar refractivity (Wildman–Crippen MR) is 61.9 cm³/mol. The van der Waals surface area contributed by atoms with E-state index in [0.29, 0.717) is 5.56 Å². The lowest BCUT2D eigenvalue weighted by Crippen LogP contribution is -2.24. The molecular weight excluding hydrogens is 223 g/mol. The van der Waals surface area contributed by atoms with Crippen LogP contribution in [0.25, 0.3) is 0 Å². The first-order chi connectivity index (χ1) is 7.88. The van der Waals surface area contributed by atoms with Crippen molar-refractivity contribution in [1.82, 2.24) is 0 Å². The maximum Gasteiger partial charge on any atom is 0.332 e. The third-order valence-electron chi connectivity index (χ3n) is 1.97. The first kappa shape index (κ1) is 13.6. The van der Waals surface area contributed by atoms with E-state index in [0.717, 1.165) is 0 Å². The number of rotatable bonds is 4. The molecule has 3 nitrogen and oxygen atoms in total. The van der Waals surface area contributed by atoms with Gasteiger partial charge >= 0.3 is 5.97 Å². The van der Waals surface area contributed by atoms with Crippen molar-refractivity contribution >= 4 is 5.97 Å². The van der Waals surface area contributed by atoms with E-state index < -0.39 is 11.6 Å². The van der Waals surface area contributed by atoms with Crippen molar-refractivity contribution in [3.8, 4) is 0 Å². The Morgan fingerprint density at radius 3 is 2.53 bits per heavy atom. The highest BCUT2D eigenvalue weighted by Crippen LogP contribution is 2.09. The van der Waals surface area contributed by atoms with Crippen molar-refractivity contribution in [2.45, 2.75) is 33.0 Å². The number of ether oxygens (including phenoxy) is 2. The number of esters is 1. The largest absolute Gasteiger partial charge is 0.459 e. The molecule has 0 amide bonds. The molecule has 0 aliphatic carbocycles.